The van der Waals surface area contributed by atoms with E-state index >= 15 is 0 Å². The molecule has 0 N–H and O–H groups in total. The number of aromatic nitrogens is 1. The van der Waals surface area contributed by atoms with Crippen molar-refractivity contribution in [2.24, 2.45) is 0 Å². The van der Waals surface area contributed by atoms with E-state index in [2.05, 4.69) is 76.0 Å². The van der Waals surface area contributed by atoms with Crippen LogP contribution in [0.1, 0.15) is 64.7 Å². The molecule has 0 aliphatic rings. The Labute approximate surface area is 166 Å². The van der Waals surface area contributed by atoms with Crippen molar-refractivity contribution >= 4 is 37.7 Å². The SMILES string of the molecule is CCCCCCCCCC(Br)CCn1c2ccccc2c2ccccc21. The maximum absolute atomic E-state index is 3.93. The number of aryl methyl sites for hydroxylation is 1. The molecule has 3 rings (SSSR count). The van der Waals surface area contributed by atoms with Crippen LogP contribution < -0.4 is 0 Å². The second kappa shape index (κ2) is 10.2. The van der Waals surface area contributed by atoms with Crippen molar-refractivity contribution in [2.75, 3.05) is 0 Å². The first-order chi connectivity index (χ1) is 12.8. The molecule has 1 nitrogen and oxygen atoms in total. The van der Waals surface area contributed by atoms with Crippen molar-refractivity contribution in [3.05, 3.63) is 48.5 Å². The smallest absolute Gasteiger partial charge is 0.0491 e. The summed E-state index contributed by atoms with van der Waals surface area (Å²) in [7, 11) is 0. The van der Waals surface area contributed by atoms with E-state index in [1.165, 1.54) is 79.6 Å². The van der Waals surface area contributed by atoms with E-state index in [-0.39, 0.29) is 0 Å². The van der Waals surface area contributed by atoms with E-state index in [0.29, 0.717) is 4.83 Å². The third-order valence-corrected chi connectivity index (χ3v) is 6.38. The zero-order valence-corrected chi connectivity index (χ0v) is 17.7. The summed E-state index contributed by atoms with van der Waals surface area (Å²) in [5, 5.41) is 2.75. The number of nitrogens with zero attached hydrogens (tertiary/aromatic N) is 1. The lowest BCUT2D eigenvalue weighted by Gasteiger charge is -2.12. The average molecular weight is 414 g/mol. The number of fused-ring (bicyclic) bond motifs is 3. The molecule has 0 saturated heterocycles. The van der Waals surface area contributed by atoms with Crippen molar-refractivity contribution in [3.63, 3.8) is 0 Å². The van der Waals surface area contributed by atoms with Crippen molar-refractivity contribution < 1.29 is 0 Å². The molecular weight excluding hydrogens is 382 g/mol. The van der Waals surface area contributed by atoms with Crippen LogP contribution in [0.5, 0.6) is 0 Å². The predicted molar refractivity (Wildman–Crippen MR) is 119 cm³/mol. The van der Waals surface area contributed by atoms with Gasteiger partial charge in [0.05, 0.1) is 0 Å². The summed E-state index contributed by atoms with van der Waals surface area (Å²) in [5.41, 5.74) is 2.73. The predicted octanol–water partition coefficient (Wildman–Crippen LogP) is 8.09. The molecule has 0 aliphatic carbocycles. The monoisotopic (exact) mass is 413 g/mol. The van der Waals surface area contributed by atoms with Crippen molar-refractivity contribution in [1.29, 1.82) is 0 Å². The number of benzene rings is 2. The largest absolute Gasteiger partial charge is 0.340 e. The number of rotatable bonds is 11. The number of alkyl halides is 1. The van der Waals surface area contributed by atoms with Gasteiger partial charge in [0.1, 0.15) is 0 Å². The van der Waals surface area contributed by atoms with Gasteiger partial charge < -0.3 is 4.57 Å². The van der Waals surface area contributed by atoms with E-state index in [1.54, 1.807) is 0 Å². The first-order valence-electron chi connectivity index (χ1n) is 10.4. The third-order valence-electron chi connectivity index (χ3n) is 5.47. The van der Waals surface area contributed by atoms with Gasteiger partial charge in [-0.3, -0.25) is 0 Å². The molecule has 1 atom stereocenters. The number of hydrogen-bond donors (Lipinski definition) is 0. The fourth-order valence-corrected chi connectivity index (χ4v) is 4.51. The summed E-state index contributed by atoms with van der Waals surface area (Å²) >= 11 is 3.93. The Morgan fingerprint density at radius 2 is 1.27 bits per heavy atom. The van der Waals surface area contributed by atoms with Gasteiger partial charge >= 0.3 is 0 Å². The van der Waals surface area contributed by atoms with Gasteiger partial charge in [-0.1, -0.05) is 104 Å². The van der Waals surface area contributed by atoms with Crippen LogP contribution in [0.15, 0.2) is 48.5 Å². The van der Waals surface area contributed by atoms with Crippen LogP contribution in [-0.2, 0) is 6.54 Å². The highest BCUT2D eigenvalue weighted by Gasteiger charge is 2.11. The van der Waals surface area contributed by atoms with Gasteiger partial charge in [0.25, 0.3) is 0 Å². The fourth-order valence-electron chi connectivity index (χ4n) is 3.98. The van der Waals surface area contributed by atoms with E-state index < -0.39 is 0 Å². The van der Waals surface area contributed by atoms with Crippen LogP contribution in [0.4, 0.5) is 0 Å². The highest BCUT2D eigenvalue weighted by Crippen LogP contribution is 2.29. The quantitative estimate of drug-likeness (QED) is 0.221. The maximum Gasteiger partial charge on any atom is 0.0491 e. The highest BCUT2D eigenvalue weighted by atomic mass is 79.9. The normalized spacial score (nSPS) is 12.8. The van der Waals surface area contributed by atoms with Crippen LogP contribution in [0.25, 0.3) is 21.8 Å². The first kappa shape index (κ1) is 19.5. The number of unbranched alkanes of at least 4 members (excludes halogenated alkanes) is 6. The summed E-state index contributed by atoms with van der Waals surface area (Å²) in [5.74, 6) is 0. The Morgan fingerprint density at radius 3 is 1.88 bits per heavy atom. The van der Waals surface area contributed by atoms with Crippen molar-refractivity contribution in [1.82, 2.24) is 4.57 Å². The van der Waals surface area contributed by atoms with E-state index in [1.807, 2.05) is 0 Å². The molecule has 1 aromatic heterocycles. The molecular formula is C24H32BrN. The van der Waals surface area contributed by atoms with Gasteiger partial charge in [0, 0.05) is 33.2 Å². The topological polar surface area (TPSA) is 4.93 Å². The molecule has 0 spiro atoms. The van der Waals surface area contributed by atoms with E-state index in [0.717, 1.165) is 6.54 Å². The number of para-hydroxylation sites is 2. The van der Waals surface area contributed by atoms with Crippen LogP contribution in [0, 0.1) is 0 Å². The molecule has 0 aliphatic heterocycles. The fraction of sp³-hybridized carbons (Fsp3) is 0.500. The van der Waals surface area contributed by atoms with Gasteiger partial charge in [0.2, 0.25) is 0 Å². The summed E-state index contributed by atoms with van der Waals surface area (Å²) in [6, 6.07) is 17.6. The van der Waals surface area contributed by atoms with Crippen molar-refractivity contribution in [2.45, 2.75) is 76.1 Å². The standard InChI is InChI=1S/C24H32BrN/c1-2-3-4-5-6-7-8-13-20(25)18-19-26-23-16-11-9-14-21(23)22-15-10-12-17-24(22)26/h9-12,14-17,20H,2-8,13,18-19H2,1H3. The summed E-state index contributed by atoms with van der Waals surface area (Å²) < 4.78 is 2.50. The third kappa shape index (κ3) is 4.91. The van der Waals surface area contributed by atoms with Crippen molar-refractivity contribution in [3.8, 4) is 0 Å². The van der Waals surface area contributed by atoms with Gasteiger partial charge in [-0.2, -0.15) is 0 Å². The Balaban J connectivity index is 1.53. The number of hydrogen-bond acceptors (Lipinski definition) is 0. The van der Waals surface area contributed by atoms with Gasteiger partial charge in [0.15, 0.2) is 0 Å². The Bertz CT molecular complexity index is 751. The van der Waals surface area contributed by atoms with Crippen LogP contribution in [0.3, 0.4) is 0 Å². The molecule has 140 valence electrons. The minimum Gasteiger partial charge on any atom is -0.340 e. The molecule has 0 amide bonds. The molecule has 2 heteroatoms. The average Bonchev–Trinajstić information content (AvgIpc) is 3.00. The molecule has 0 fully saturated rings. The van der Waals surface area contributed by atoms with E-state index in [9.17, 15) is 0 Å². The van der Waals surface area contributed by atoms with Gasteiger partial charge in [-0.25, -0.2) is 0 Å². The summed E-state index contributed by atoms with van der Waals surface area (Å²) in [6.07, 6.45) is 12.2. The molecule has 2 aromatic carbocycles. The molecule has 1 unspecified atom stereocenters. The van der Waals surface area contributed by atoms with Crippen LogP contribution in [-0.4, -0.2) is 9.39 Å². The molecule has 3 aromatic rings. The summed E-state index contributed by atoms with van der Waals surface area (Å²) in [4.78, 5) is 0.623. The lowest BCUT2D eigenvalue weighted by molar-refractivity contribution is 0.552. The Kier molecular flexibility index (Phi) is 7.61. The Morgan fingerprint density at radius 1 is 0.731 bits per heavy atom. The molecule has 26 heavy (non-hydrogen) atoms. The summed E-state index contributed by atoms with van der Waals surface area (Å²) in [6.45, 7) is 3.37. The minimum atomic E-state index is 0.623. The zero-order chi connectivity index (χ0) is 18.2. The van der Waals surface area contributed by atoms with Gasteiger partial charge in [-0.15, -0.1) is 0 Å². The van der Waals surface area contributed by atoms with E-state index in [4.69, 9.17) is 0 Å². The highest BCUT2D eigenvalue weighted by molar-refractivity contribution is 9.09. The molecule has 0 bridgehead atoms. The second-order valence-electron chi connectivity index (χ2n) is 7.48. The minimum absolute atomic E-state index is 0.623. The zero-order valence-electron chi connectivity index (χ0n) is 16.1. The van der Waals surface area contributed by atoms with Crippen LogP contribution >= 0.6 is 15.9 Å². The molecule has 0 saturated carbocycles. The van der Waals surface area contributed by atoms with Crippen LogP contribution in [0.2, 0.25) is 0 Å². The molecule has 1 heterocycles. The lowest BCUT2D eigenvalue weighted by atomic mass is 10.1. The second-order valence-corrected chi connectivity index (χ2v) is 8.78. The number of halogens is 1. The molecule has 0 radical (unpaired) electrons. The maximum atomic E-state index is 3.93. The first-order valence-corrected chi connectivity index (χ1v) is 11.3. The van der Waals surface area contributed by atoms with Gasteiger partial charge in [-0.05, 0) is 25.0 Å². The lowest BCUT2D eigenvalue weighted by Crippen LogP contribution is -2.05. The Hall–Kier alpha value is -1.28.